The Morgan fingerprint density at radius 1 is 1.00 bits per heavy atom. The molecule has 1 aromatic carbocycles. The highest BCUT2D eigenvalue weighted by Crippen LogP contribution is 2.53. The molecule has 2 N–H and O–H groups in total. The predicted molar refractivity (Wildman–Crippen MR) is 134 cm³/mol. The molecule has 0 spiro atoms. The second-order valence-electron chi connectivity index (χ2n) is 7.21. The van der Waals surface area contributed by atoms with Crippen LogP contribution in [0.1, 0.15) is 39.2 Å². The number of aromatic nitrogens is 2. The van der Waals surface area contributed by atoms with Gasteiger partial charge < -0.3 is 5.73 Å². The van der Waals surface area contributed by atoms with Crippen molar-refractivity contribution >= 4 is 55.9 Å². The van der Waals surface area contributed by atoms with E-state index in [4.69, 9.17) is 10.8 Å². The van der Waals surface area contributed by atoms with Crippen molar-refractivity contribution in [1.82, 2.24) is 10.2 Å². The molecule has 0 bridgehead atoms. The summed E-state index contributed by atoms with van der Waals surface area (Å²) in [5, 5.41) is 22.8. The second kappa shape index (κ2) is 8.84. The van der Waals surface area contributed by atoms with Gasteiger partial charge in [0, 0.05) is 10.9 Å². The Hall–Kier alpha value is -2.04. The number of thioether (sulfide) groups is 1. The highest BCUT2D eigenvalue weighted by atomic mass is 32.2. The van der Waals surface area contributed by atoms with Crippen LogP contribution in [0, 0.1) is 6.92 Å². The third-order valence-corrected chi connectivity index (χ3v) is 9.42. The van der Waals surface area contributed by atoms with Crippen molar-refractivity contribution in [2.75, 3.05) is 5.01 Å². The van der Waals surface area contributed by atoms with E-state index in [1.165, 1.54) is 10.4 Å². The van der Waals surface area contributed by atoms with Crippen LogP contribution in [0.3, 0.4) is 0 Å². The molecule has 2 unspecified atom stereocenters. The minimum absolute atomic E-state index is 0.00928. The number of nitrogens with two attached hydrogens (primary N) is 1. The van der Waals surface area contributed by atoms with Gasteiger partial charge in [-0.3, -0.25) is 0 Å². The Kier molecular flexibility index (Phi) is 5.94. The highest BCUT2D eigenvalue weighted by molar-refractivity contribution is 8.15. The molecule has 0 radical (unpaired) electrons. The van der Waals surface area contributed by atoms with Crippen molar-refractivity contribution in [1.29, 1.82) is 0 Å². The van der Waals surface area contributed by atoms with Gasteiger partial charge in [-0.2, -0.15) is 5.10 Å². The number of nitrogens with zero attached hydrogens (tertiary/aromatic N) is 4. The summed E-state index contributed by atoms with van der Waals surface area (Å²) < 4.78 is 0. The largest absolute Gasteiger partial charge is 0.323 e. The number of hydrogen-bond acceptors (Lipinski definition) is 9. The molecule has 0 aliphatic carbocycles. The minimum Gasteiger partial charge on any atom is -0.323 e. The molecule has 0 fully saturated rings. The van der Waals surface area contributed by atoms with E-state index in [1.54, 1.807) is 45.8 Å². The first-order valence-electron chi connectivity index (χ1n) is 9.92. The van der Waals surface area contributed by atoms with E-state index in [9.17, 15) is 0 Å². The number of hydrogen-bond donors (Lipinski definition) is 1. The van der Waals surface area contributed by atoms with E-state index >= 15 is 0 Å². The lowest BCUT2D eigenvalue weighted by molar-refractivity contribution is 0.488. The van der Waals surface area contributed by atoms with E-state index in [0.717, 1.165) is 32.9 Å². The number of thiophene rings is 2. The maximum absolute atomic E-state index is 6.59. The zero-order valence-electron chi connectivity index (χ0n) is 16.8. The molecular weight excluding hydrogens is 463 g/mol. The SMILES string of the molecule is Cc1nnc(N2N=C(c3cccs3)SC2(CCC(N)c2cccs2)c2ccccc2)s1. The first-order chi connectivity index (χ1) is 15.2. The Labute approximate surface area is 197 Å². The van der Waals surface area contributed by atoms with Gasteiger partial charge in [0.15, 0.2) is 0 Å². The molecular formula is C22H21N5S4. The standard InChI is InChI=1S/C22H21N5S4/c1-15-24-25-21(30-15)27-22(16-7-3-2-4-8-16,12-11-17(23)18-9-5-13-28-18)31-20(26-27)19-10-6-14-29-19/h2-10,13-14,17H,11-12,23H2,1H3. The lowest BCUT2D eigenvalue weighted by Gasteiger charge is -2.36. The number of hydrazone groups is 1. The first-order valence-corrected chi connectivity index (χ1v) is 13.3. The molecule has 158 valence electrons. The Morgan fingerprint density at radius 2 is 1.81 bits per heavy atom. The van der Waals surface area contributed by atoms with Crippen LogP contribution in [0.4, 0.5) is 5.13 Å². The summed E-state index contributed by atoms with van der Waals surface area (Å²) in [7, 11) is 0. The monoisotopic (exact) mass is 483 g/mol. The van der Waals surface area contributed by atoms with Gasteiger partial charge in [-0.05, 0) is 48.2 Å². The molecule has 0 amide bonds. The summed E-state index contributed by atoms with van der Waals surface area (Å²) in [6, 6.07) is 18.9. The van der Waals surface area contributed by atoms with Crippen molar-refractivity contribution in [3.63, 3.8) is 0 Å². The van der Waals surface area contributed by atoms with Crippen LogP contribution in [0.5, 0.6) is 0 Å². The average Bonchev–Trinajstić information content (AvgIpc) is 3.59. The van der Waals surface area contributed by atoms with Crippen LogP contribution in [0.2, 0.25) is 0 Å². The van der Waals surface area contributed by atoms with Gasteiger partial charge >= 0.3 is 0 Å². The molecule has 1 aliphatic heterocycles. The molecule has 2 atom stereocenters. The van der Waals surface area contributed by atoms with E-state index in [2.05, 4.69) is 80.6 Å². The van der Waals surface area contributed by atoms with Gasteiger partial charge in [-0.15, -0.1) is 32.9 Å². The molecule has 31 heavy (non-hydrogen) atoms. The fourth-order valence-electron chi connectivity index (χ4n) is 3.64. The van der Waals surface area contributed by atoms with Crippen molar-refractivity contribution in [3.8, 4) is 0 Å². The normalized spacial score (nSPS) is 19.5. The fraction of sp³-hybridized carbons (Fsp3) is 0.227. The van der Waals surface area contributed by atoms with E-state index in [-0.39, 0.29) is 6.04 Å². The topological polar surface area (TPSA) is 67.4 Å². The zero-order valence-corrected chi connectivity index (χ0v) is 20.1. The number of rotatable bonds is 7. The summed E-state index contributed by atoms with van der Waals surface area (Å²) in [5.74, 6) is 0. The van der Waals surface area contributed by atoms with Crippen molar-refractivity contribution in [2.45, 2.75) is 30.7 Å². The van der Waals surface area contributed by atoms with Crippen molar-refractivity contribution < 1.29 is 0 Å². The molecule has 5 nitrogen and oxygen atoms in total. The Morgan fingerprint density at radius 3 is 2.48 bits per heavy atom. The number of aryl methyl sites for hydroxylation is 1. The van der Waals surface area contributed by atoms with Gasteiger partial charge in [0.2, 0.25) is 5.13 Å². The molecule has 5 rings (SSSR count). The average molecular weight is 484 g/mol. The summed E-state index contributed by atoms with van der Waals surface area (Å²) in [5.41, 5.74) is 7.79. The van der Waals surface area contributed by atoms with Gasteiger partial charge in [0.05, 0.1) is 4.88 Å². The van der Waals surface area contributed by atoms with Gasteiger partial charge in [-0.1, -0.05) is 65.6 Å². The second-order valence-corrected chi connectivity index (χ2v) is 11.6. The maximum atomic E-state index is 6.59. The van der Waals surface area contributed by atoms with Crippen molar-refractivity contribution in [3.05, 3.63) is 85.7 Å². The number of anilines is 1. The maximum Gasteiger partial charge on any atom is 0.230 e. The predicted octanol–water partition coefficient (Wildman–Crippen LogP) is 6.22. The Bertz CT molecular complexity index is 1150. The number of benzene rings is 1. The van der Waals surface area contributed by atoms with Crippen LogP contribution in [0.15, 0.2) is 70.5 Å². The summed E-state index contributed by atoms with van der Waals surface area (Å²) >= 11 is 6.79. The molecule has 9 heteroatoms. The van der Waals surface area contributed by atoms with E-state index in [0.29, 0.717) is 0 Å². The van der Waals surface area contributed by atoms with Crippen molar-refractivity contribution in [2.24, 2.45) is 10.8 Å². The van der Waals surface area contributed by atoms with Crippen LogP contribution >= 0.6 is 45.8 Å². The fourth-order valence-corrected chi connectivity index (χ4v) is 7.34. The molecule has 4 aromatic rings. The van der Waals surface area contributed by atoms with E-state index < -0.39 is 4.87 Å². The first kappa shape index (κ1) is 20.8. The molecule has 0 saturated carbocycles. The van der Waals surface area contributed by atoms with Crippen LogP contribution in [-0.2, 0) is 4.87 Å². The summed E-state index contributed by atoms with van der Waals surface area (Å²) in [6.07, 6.45) is 1.67. The quantitative estimate of drug-likeness (QED) is 0.338. The van der Waals surface area contributed by atoms with Gasteiger partial charge in [-0.25, -0.2) is 5.01 Å². The summed E-state index contributed by atoms with van der Waals surface area (Å²) in [6.45, 7) is 1.98. The van der Waals surface area contributed by atoms with Gasteiger partial charge in [0.1, 0.15) is 14.9 Å². The highest BCUT2D eigenvalue weighted by Gasteiger charge is 2.48. The third kappa shape index (κ3) is 4.08. The van der Waals surface area contributed by atoms with E-state index in [1.807, 2.05) is 6.92 Å². The van der Waals surface area contributed by atoms with Gasteiger partial charge in [0.25, 0.3) is 0 Å². The minimum atomic E-state index is -0.429. The lowest BCUT2D eigenvalue weighted by atomic mass is 9.97. The lowest BCUT2D eigenvalue weighted by Crippen LogP contribution is -2.38. The molecule has 1 aliphatic rings. The zero-order chi connectivity index (χ0) is 21.3. The van der Waals surface area contributed by atoms with Crippen LogP contribution in [-0.4, -0.2) is 15.2 Å². The summed E-state index contributed by atoms with van der Waals surface area (Å²) in [4.78, 5) is 1.95. The van der Waals surface area contributed by atoms with Crippen LogP contribution in [0.25, 0.3) is 0 Å². The van der Waals surface area contributed by atoms with Crippen LogP contribution < -0.4 is 10.7 Å². The molecule has 4 heterocycles. The smallest absolute Gasteiger partial charge is 0.230 e. The molecule has 3 aromatic heterocycles. The Balaban J connectivity index is 1.57. The third-order valence-electron chi connectivity index (χ3n) is 5.15. The molecule has 0 saturated heterocycles.